The minimum Gasteiger partial charge on any atom is -0.384 e. The third kappa shape index (κ3) is 27.8. The Morgan fingerprint density at radius 3 is 1.89 bits per heavy atom. The fourth-order valence-electron chi connectivity index (χ4n) is 3.67. The van der Waals surface area contributed by atoms with Crippen LogP contribution in [0.25, 0.3) is 0 Å². The fraction of sp³-hybridized carbons (Fsp3) is 0.636. The monoisotopic (exact) mass is 492 g/mol. The summed E-state index contributed by atoms with van der Waals surface area (Å²) in [5, 5.41) is 27.4. The van der Waals surface area contributed by atoms with Crippen molar-refractivity contribution < 1.29 is 15.3 Å². The summed E-state index contributed by atoms with van der Waals surface area (Å²) in [7, 11) is 0. The van der Waals surface area contributed by atoms with E-state index in [2.05, 4.69) is 47.5 Å². The maximum Gasteiger partial charge on any atom is 0.133 e. The molecule has 3 N–H and O–H groups in total. The van der Waals surface area contributed by atoms with Gasteiger partial charge < -0.3 is 15.3 Å². The van der Waals surface area contributed by atoms with Crippen LogP contribution in [0.15, 0.2) is 24.3 Å². The maximum atomic E-state index is 9.71. The van der Waals surface area contributed by atoms with Gasteiger partial charge in [-0.15, -0.1) is 6.42 Å². The molecule has 198 valence electrons. The van der Waals surface area contributed by atoms with E-state index in [9.17, 15) is 10.2 Å². The number of aliphatic hydroxyl groups is 3. The summed E-state index contributed by atoms with van der Waals surface area (Å²) in [6.07, 6.45) is 32.5. The molecular weight excluding hydrogens is 444 g/mol. The summed E-state index contributed by atoms with van der Waals surface area (Å²) >= 11 is 0. The molecule has 0 spiro atoms. The first-order chi connectivity index (χ1) is 17.7. The zero-order valence-corrected chi connectivity index (χ0v) is 22.3. The van der Waals surface area contributed by atoms with Gasteiger partial charge >= 0.3 is 0 Å². The quantitative estimate of drug-likeness (QED) is 0.104. The lowest BCUT2D eigenvalue weighted by Crippen LogP contribution is -2.01. The number of hydrogen-bond donors (Lipinski definition) is 3. The number of hydrogen-bond acceptors (Lipinski definition) is 3. The minimum absolute atomic E-state index is 0.192. The molecule has 0 radical (unpaired) electrons. The van der Waals surface area contributed by atoms with E-state index < -0.39 is 12.2 Å². The highest BCUT2D eigenvalue weighted by molar-refractivity contribution is 5.27. The maximum absolute atomic E-state index is 9.71. The van der Waals surface area contributed by atoms with Crippen molar-refractivity contribution in [3.05, 3.63) is 24.3 Å². The topological polar surface area (TPSA) is 60.7 Å². The van der Waals surface area contributed by atoms with Crippen LogP contribution < -0.4 is 0 Å². The van der Waals surface area contributed by atoms with Gasteiger partial charge in [0.1, 0.15) is 18.8 Å². The van der Waals surface area contributed by atoms with Gasteiger partial charge in [0.05, 0.1) is 0 Å². The smallest absolute Gasteiger partial charge is 0.133 e. The molecule has 0 aromatic carbocycles. The van der Waals surface area contributed by atoms with E-state index in [-0.39, 0.29) is 6.61 Å². The molecule has 0 aromatic rings. The van der Waals surface area contributed by atoms with Crippen molar-refractivity contribution in [2.24, 2.45) is 0 Å². The van der Waals surface area contributed by atoms with Crippen molar-refractivity contribution in [3.63, 3.8) is 0 Å². The molecule has 0 aromatic heterocycles. The van der Waals surface area contributed by atoms with E-state index in [1.165, 1.54) is 70.6 Å². The van der Waals surface area contributed by atoms with Crippen LogP contribution in [0.1, 0.15) is 116 Å². The number of terminal acetylenes is 1. The lowest BCUT2D eigenvalue weighted by atomic mass is 10.0. The Morgan fingerprint density at radius 2 is 1.25 bits per heavy atom. The fourth-order valence-corrected chi connectivity index (χ4v) is 3.67. The van der Waals surface area contributed by atoms with E-state index in [1.54, 1.807) is 6.08 Å². The van der Waals surface area contributed by atoms with E-state index >= 15 is 0 Å². The van der Waals surface area contributed by atoms with Crippen LogP contribution in [0.4, 0.5) is 0 Å². The largest absolute Gasteiger partial charge is 0.384 e. The first-order valence-corrected chi connectivity index (χ1v) is 13.9. The molecule has 36 heavy (non-hydrogen) atoms. The summed E-state index contributed by atoms with van der Waals surface area (Å²) in [5.41, 5.74) is 0. The highest BCUT2D eigenvalue weighted by Crippen LogP contribution is 2.12. The third-order valence-corrected chi connectivity index (χ3v) is 5.78. The van der Waals surface area contributed by atoms with Crippen LogP contribution in [0, 0.1) is 47.9 Å². The Balaban J connectivity index is 3.36. The van der Waals surface area contributed by atoms with Gasteiger partial charge in [0.15, 0.2) is 0 Å². The van der Waals surface area contributed by atoms with Crippen molar-refractivity contribution in [3.8, 4) is 47.9 Å². The van der Waals surface area contributed by atoms with Crippen molar-refractivity contribution in [1.82, 2.24) is 0 Å². The second-order valence-corrected chi connectivity index (χ2v) is 9.07. The summed E-state index contributed by atoms with van der Waals surface area (Å²) in [5.74, 6) is 18.9. The zero-order valence-electron chi connectivity index (χ0n) is 22.3. The number of aliphatic hydroxyl groups excluding tert-OH is 3. The lowest BCUT2D eigenvalue weighted by Gasteiger charge is -2.04. The molecular formula is C33H48O3. The Bertz CT molecular complexity index is 782. The number of allylic oxidation sites excluding steroid dienone is 3. The second kappa shape index (κ2) is 28.8. The molecule has 0 rings (SSSR count). The summed E-state index contributed by atoms with van der Waals surface area (Å²) in [4.78, 5) is 0. The average molecular weight is 493 g/mol. The van der Waals surface area contributed by atoms with Crippen LogP contribution in [0.2, 0.25) is 0 Å². The molecule has 0 bridgehead atoms. The molecule has 0 unspecified atom stereocenters. The van der Waals surface area contributed by atoms with Crippen molar-refractivity contribution in [1.29, 1.82) is 0 Å². The first-order valence-electron chi connectivity index (χ1n) is 13.9. The lowest BCUT2D eigenvalue weighted by molar-refractivity contribution is 0.217. The molecule has 0 saturated heterocycles. The van der Waals surface area contributed by atoms with Gasteiger partial charge in [-0.05, 0) is 68.9 Å². The van der Waals surface area contributed by atoms with Crippen LogP contribution in [0.3, 0.4) is 0 Å². The Labute approximate surface area is 221 Å². The van der Waals surface area contributed by atoms with E-state index in [4.69, 9.17) is 11.5 Å². The minimum atomic E-state index is -0.740. The average Bonchev–Trinajstić information content (AvgIpc) is 2.88. The Kier molecular flexibility index (Phi) is 26.9. The second-order valence-electron chi connectivity index (χ2n) is 9.07. The van der Waals surface area contributed by atoms with E-state index in [0.717, 1.165) is 38.5 Å². The van der Waals surface area contributed by atoms with Crippen molar-refractivity contribution in [2.75, 3.05) is 6.61 Å². The molecule has 0 aliphatic rings. The molecule has 0 aliphatic carbocycles. The molecule has 0 aliphatic heterocycles. The van der Waals surface area contributed by atoms with E-state index in [0.29, 0.717) is 6.42 Å². The SMILES string of the molecule is C#C[C@@H](O)/C=C/CCCCCCCC#C/C=C\CCCCCCCCCCC[C@H](O)C#CC#CCO. The third-order valence-electron chi connectivity index (χ3n) is 5.78. The summed E-state index contributed by atoms with van der Waals surface area (Å²) < 4.78 is 0. The highest BCUT2D eigenvalue weighted by atomic mass is 16.3. The standard InChI is InChI=1S/C33H48O3/c1-2-32(35)28-24-21-19-17-15-13-11-9-7-5-3-4-6-8-10-12-14-16-18-20-22-25-29-33(36)30-26-23-27-31-34/h1,3-4,24,28,32-36H,6,8-22,25,29,31H2/b4-3-,28-24+/t32-,33+/m1/s1. The van der Waals surface area contributed by atoms with Crippen LogP contribution in [-0.2, 0) is 0 Å². The normalized spacial score (nSPS) is 12.2. The molecule has 0 fully saturated rings. The predicted octanol–water partition coefficient (Wildman–Crippen LogP) is 6.48. The van der Waals surface area contributed by atoms with Gasteiger partial charge in [0.25, 0.3) is 0 Å². The highest BCUT2D eigenvalue weighted by Gasteiger charge is 1.99. The molecule has 0 heterocycles. The van der Waals surface area contributed by atoms with Crippen LogP contribution in [-0.4, -0.2) is 34.1 Å². The Morgan fingerprint density at radius 1 is 0.667 bits per heavy atom. The van der Waals surface area contributed by atoms with E-state index in [1.807, 2.05) is 12.2 Å². The van der Waals surface area contributed by atoms with Crippen LogP contribution >= 0.6 is 0 Å². The molecule has 3 nitrogen and oxygen atoms in total. The van der Waals surface area contributed by atoms with Gasteiger partial charge in [-0.1, -0.05) is 106 Å². The zero-order chi connectivity index (χ0) is 26.4. The number of rotatable bonds is 20. The van der Waals surface area contributed by atoms with Crippen molar-refractivity contribution >= 4 is 0 Å². The summed E-state index contributed by atoms with van der Waals surface area (Å²) in [6, 6.07) is 0. The van der Waals surface area contributed by atoms with Gasteiger partial charge in [-0.2, -0.15) is 0 Å². The van der Waals surface area contributed by atoms with Crippen LogP contribution in [0.5, 0.6) is 0 Å². The van der Waals surface area contributed by atoms with Gasteiger partial charge in [0, 0.05) is 6.42 Å². The van der Waals surface area contributed by atoms with Gasteiger partial charge in [-0.3, -0.25) is 0 Å². The molecule has 0 amide bonds. The molecule has 0 saturated carbocycles. The van der Waals surface area contributed by atoms with Gasteiger partial charge in [-0.25, -0.2) is 0 Å². The Hall–Kier alpha value is -2.40. The van der Waals surface area contributed by atoms with Crippen molar-refractivity contribution in [2.45, 2.75) is 128 Å². The predicted molar refractivity (Wildman–Crippen MR) is 153 cm³/mol. The van der Waals surface area contributed by atoms with Gasteiger partial charge in [0.2, 0.25) is 0 Å². The summed E-state index contributed by atoms with van der Waals surface area (Å²) in [6.45, 7) is -0.192. The molecule has 2 atom stereocenters. The number of unbranched alkanes of at least 4 members (excludes halogenated alkanes) is 15. The molecule has 3 heteroatoms. The first kappa shape index (κ1) is 33.6.